The van der Waals surface area contributed by atoms with E-state index in [1.807, 2.05) is 0 Å². The van der Waals surface area contributed by atoms with E-state index in [4.69, 9.17) is 10.8 Å². The largest absolute Gasteiger partial charge is 0.739 e. The number of quaternary nitrogens is 1. The summed E-state index contributed by atoms with van der Waals surface area (Å²) in [5.74, 6) is -0.210. The van der Waals surface area contributed by atoms with Crippen molar-refractivity contribution in [2.45, 2.75) is 0 Å². The molecule has 16 heavy (non-hydrogen) atoms. The Morgan fingerprint density at radius 2 is 2.12 bits per heavy atom. The first kappa shape index (κ1) is 10.7. The fourth-order valence-electron chi connectivity index (χ4n) is 1.63. The van der Waals surface area contributed by atoms with Gasteiger partial charge in [-0.05, 0) is 6.07 Å². The number of hydrogen-bond donors (Lipinski definition) is 3. The van der Waals surface area contributed by atoms with Crippen LogP contribution in [0.4, 0.5) is 11.4 Å². The number of aliphatic hydroxyl groups is 1. The highest BCUT2D eigenvalue weighted by Gasteiger charge is 2.32. The molecule has 7 nitrogen and oxygen atoms in total. The molecule has 0 amide bonds. The molecule has 0 aliphatic carbocycles. The maximum Gasteiger partial charge on any atom is 0.400 e. The van der Waals surface area contributed by atoms with Gasteiger partial charge in [-0.2, -0.15) is 5.17 Å². The molecule has 1 aromatic rings. The monoisotopic (exact) mass is 224 g/mol. The Labute approximate surface area is 91.7 Å². The van der Waals surface area contributed by atoms with Crippen LogP contribution in [0.1, 0.15) is 0 Å². The van der Waals surface area contributed by atoms with Crippen LogP contribution in [0.15, 0.2) is 24.3 Å². The Kier molecular flexibility index (Phi) is 2.65. The molecule has 1 aliphatic heterocycles. The van der Waals surface area contributed by atoms with Crippen LogP contribution in [0.2, 0.25) is 0 Å². The summed E-state index contributed by atoms with van der Waals surface area (Å²) in [4.78, 5) is 0. The summed E-state index contributed by atoms with van der Waals surface area (Å²) in [6.07, 6.45) is 0. The molecule has 1 heterocycles. The molecule has 0 fully saturated rings. The van der Waals surface area contributed by atoms with E-state index in [9.17, 15) is 10.4 Å². The third kappa shape index (κ3) is 1.47. The number of benzene rings is 1. The smallest absolute Gasteiger partial charge is 0.400 e. The number of β-amino-alcohol motifs (C(OH)–C–C–N with tert-alkyl or cyclic N) is 1. The van der Waals surface area contributed by atoms with Gasteiger partial charge in [0.1, 0.15) is 6.54 Å². The molecule has 1 unspecified atom stereocenters. The number of aliphatic hydroxyl groups excluding tert-OH is 1. The van der Waals surface area contributed by atoms with Crippen molar-refractivity contribution in [3.63, 3.8) is 0 Å². The second-order valence-corrected chi connectivity index (χ2v) is 3.35. The van der Waals surface area contributed by atoms with Crippen molar-refractivity contribution in [1.29, 1.82) is 0 Å². The SMILES string of the molecule is NC1=[N+]([O-])c2ccccc2[NH+]([O-])N1CCO. The number of nitrogens with one attached hydrogen (secondary N) is 1. The van der Waals surface area contributed by atoms with Gasteiger partial charge in [0.25, 0.3) is 0 Å². The Balaban J connectivity index is 2.51. The van der Waals surface area contributed by atoms with Crippen LogP contribution in [0.5, 0.6) is 0 Å². The Morgan fingerprint density at radius 1 is 1.44 bits per heavy atom. The maximum atomic E-state index is 11.9. The van der Waals surface area contributed by atoms with E-state index in [1.54, 1.807) is 18.2 Å². The van der Waals surface area contributed by atoms with Crippen molar-refractivity contribution >= 4 is 17.3 Å². The first-order valence-corrected chi connectivity index (χ1v) is 4.78. The third-order valence-corrected chi connectivity index (χ3v) is 2.41. The number of nitrogens with zero attached hydrogens (tertiary/aromatic N) is 2. The lowest BCUT2D eigenvalue weighted by molar-refractivity contribution is -0.903. The summed E-state index contributed by atoms with van der Waals surface area (Å²) in [7, 11) is 0. The highest BCUT2D eigenvalue weighted by Crippen LogP contribution is 2.22. The average Bonchev–Trinajstić information content (AvgIpc) is 2.32. The molecule has 86 valence electrons. The minimum absolute atomic E-state index is 0.0116. The van der Waals surface area contributed by atoms with E-state index in [2.05, 4.69) is 0 Å². The highest BCUT2D eigenvalue weighted by molar-refractivity contribution is 5.75. The van der Waals surface area contributed by atoms with Crippen molar-refractivity contribution < 1.29 is 15.0 Å². The minimum Gasteiger partial charge on any atom is -0.739 e. The van der Waals surface area contributed by atoms with E-state index in [0.717, 1.165) is 5.01 Å². The molecule has 1 atom stereocenters. The predicted molar refractivity (Wildman–Crippen MR) is 56.7 cm³/mol. The summed E-state index contributed by atoms with van der Waals surface area (Å²) in [6.45, 7) is -0.236. The molecule has 4 N–H and O–H groups in total. The molecule has 2 rings (SSSR count). The number of rotatable bonds is 2. The fraction of sp³-hybridized carbons (Fsp3) is 0.222. The van der Waals surface area contributed by atoms with E-state index in [-0.39, 0.29) is 30.0 Å². The third-order valence-electron chi connectivity index (χ3n) is 2.41. The molecule has 1 aliphatic rings. The zero-order valence-electron chi connectivity index (χ0n) is 8.46. The second-order valence-electron chi connectivity index (χ2n) is 3.35. The van der Waals surface area contributed by atoms with Crippen molar-refractivity contribution in [1.82, 2.24) is 5.01 Å². The van der Waals surface area contributed by atoms with Gasteiger partial charge in [-0.3, -0.25) is 5.73 Å². The lowest BCUT2D eigenvalue weighted by atomic mass is 10.2. The Hall–Kier alpha value is -1.83. The van der Waals surface area contributed by atoms with Gasteiger partial charge >= 0.3 is 5.96 Å². The van der Waals surface area contributed by atoms with Gasteiger partial charge in [0.05, 0.1) is 6.61 Å². The van der Waals surface area contributed by atoms with Crippen molar-refractivity contribution in [2.75, 3.05) is 13.2 Å². The molecular formula is C9H12N4O3. The molecule has 0 radical (unpaired) electrons. The second kappa shape index (κ2) is 3.97. The van der Waals surface area contributed by atoms with Crippen LogP contribution in [-0.4, -0.2) is 34.0 Å². The molecular weight excluding hydrogens is 212 g/mol. The lowest BCUT2D eigenvalue weighted by Gasteiger charge is -2.35. The molecule has 0 saturated carbocycles. The number of para-hydroxylation sites is 1. The fourth-order valence-corrected chi connectivity index (χ4v) is 1.63. The van der Waals surface area contributed by atoms with Crippen LogP contribution in [0.25, 0.3) is 0 Å². The Morgan fingerprint density at radius 3 is 2.81 bits per heavy atom. The first-order valence-electron chi connectivity index (χ1n) is 4.78. The highest BCUT2D eigenvalue weighted by atomic mass is 16.6. The standard InChI is InChI=1S/C9H12N4O3/c10-9-11(5-6-14)13(16)8-4-2-1-3-7(8)12(9)15/h1-4,13-14H,5-6,10H2. The summed E-state index contributed by atoms with van der Waals surface area (Å²) < 4.78 is 0.492. The number of guanidine groups is 1. The molecule has 1 aromatic carbocycles. The van der Waals surface area contributed by atoms with Crippen LogP contribution in [-0.2, 0) is 0 Å². The van der Waals surface area contributed by atoms with Gasteiger partial charge in [-0.1, -0.05) is 17.1 Å². The van der Waals surface area contributed by atoms with E-state index in [1.165, 1.54) is 6.07 Å². The average molecular weight is 224 g/mol. The minimum atomic E-state index is -0.366. The summed E-state index contributed by atoms with van der Waals surface area (Å²) in [5.41, 5.74) is 6.07. The van der Waals surface area contributed by atoms with Crippen molar-refractivity contribution in [3.05, 3.63) is 34.7 Å². The number of nitrogens with two attached hydrogens (primary N) is 1. The zero-order valence-corrected chi connectivity index (χ0v) is 8.46. The van der Waals surface area contributed by atoms with Crippen molar-refractivity contribution in [2.24, 2.45) is 5.73 Å². The maximum absolute atomic E-state index is 11.9. The number of hydrogen-bond acceptors (Lipinski definition) is 5. The van der Waals surface area contributed by atoms with Gasteiger partial charge in [-0.25, -0.2) is 4.74 Å². The number of fused-ring (bicyclic) bond motifs is 1. The predicted octanol–water partition coefficient (Wildman–Crippen LogP) is -1.62. The molecule has 7 heteroatoms. The summed E-state index contributed by atoms with van der Waals surface area (Å²) in [5, 5.41) is 33.1. The van der Waals surface area contributed by atoms with E-state index in [0.29, 0.717) is 10.4 Å². The van der Waals surface area contributed by atoms with E-state index < -0.39 is 0 Å². The molecule has 0 bridgehead atoms. The Bertz CT molecular complexity index is 435. The van der Waals surface area contributed by atoms with Gasteiger partial charge in [0.2, 0.25) is 5.69 Å². The van der Waals surface area contributed by atoms with Crippen molar-refractivity contribution in [3.8, 4) is 0 Å². The molecule has 0 spiro atoms. The quantitative estimate of drug-likeness (QED) is 0.414. The van der Waals surface area contributed by atoms with Crippen LogP contribution in [0, 0.1) is 10.4 Å². The van der Waals surface area contributed by atoms with Crippen LogP contribution < -0.4 is 10.9 Å². The van der Waals surface area contributed by atoms with Gasteiger partial charge in [0, 0.05) is 6.07 Å². The van der Waals surface area contributed by atoms with Gasteiger partial charge < -0.3 is 15.5 Å². The summed E-state index contributed by atoms with van der Waals surface area (Å²) in [6, 6.07) is 6.41. The molecule has 0 aromatic heterocycles. The van der Waals surface area contributed by atoms with Crippen LogP contribution in [0.3, 0.4) is 0 Å². The normalized spacial score (nSPS) is 19.9. The zero-order chi connectivity index (χ0) is 11.7. The molecule has 0 saturated heterocycles. The van der Waals surface area contributed by atoms with E-state index >= 15 is 0 Å². The van der Waals surface area contributed by atoms with Gasteiger partial charge in [0.15, 0.2) is 5.69 Å². The lowest BCUT2D eigenvalue weighted by Crippen LogP contribution is -3.12. The first-order chi connectivity index (χ1) is 7.66. The van der Waals surface area contributed by atoms with Gasteiger partial charge in [-0.15, -0.1) is 0 Å². The topological polar surface area (TPSA) is 103 Å². The summed E-state index contributed by atoms with van der Waals surface area (Å²) >= 11 is 0. The van der Waals surface area contributed by atoms with Crippen LogP contribution >= 0.6 is 0 Å².